The number of hydrogen-bond acceptors (Lipinski definition) is 4. The summed E-state index contributed by atoms with van der Waals surface area (Å²) in [5.74, 6) is -0.383. The second kappa shape index (κ2) is 11.1. The molecule has 0 aliphatic heterocycles. The van der Waals surface area contributed by atoms with Gasteiger partial charge in [-0.1, -0.05) is 55.1 Å². The molecule has 1 atom stereocenters. The van der Waals surface area contributed by atoms with E-state index in [4.69, 9.17) is 11.6 Å². The molecule has 2 aromatic heterocycles. The molecule has 0 bridgehead atoms. The number of nitrogens with one attached hydrogen (secondary N) is 3. The highest BCUT2D eigenvalue weighted by Gasteiger charge is 2.41. The molecule has 1 amide bonds. The van der Waals surface area contributed by atoms with Crippen molar-refractivity contribution in [2.24, 2.45) is 0 Å². The number of carbonyl (C=O) groups excluding carboxylic acids is 1. The number of rotatable bonds is 9. The van der Waals surface area contributed by atoms with Crippen LogP contribution in [0.15, 0.2) is 84.0 Å². The first-order chi connectivity index (χ1) is 18.7. The first-order valence-corrected chi connectivity index (χ1v) is 15.1. The van der Waals surface area contributed by atoms with Crippen molar-refractivity contribution < 1.29 is 13.2 Å². The van der Waals surface area contributed by atoms with Crippen LogP contribution in [-0.2, 0) is 26.7 Å². The van der Waals surface area contributed by atoms with Crippen molar-refractivity contribution in [3.05, 3.63) is 95.4 Å². The summed E-state index contributed by atoms with van der Waals surface area (Å²) in [7, 11) is -4.04. The first kappa shape index (κ1) is 27.4. The van der Waals surface area contributed by atoms with Gasteiger partial charge >= 0.3 is 0 Å². The van der Waals surface area contributed by atoms with Gasteiger partial charge in [0.2, 0.25) is 15.9 Å². The summed E-state index contributed by atoms with van der Waals surface area (Å²) in [6.45, 7) is 2.03. The smallest absolute Gasteiger partial charge is 0.241 e. The standard InChI is InChI=1S/C30H33ClN4O3S/c1-29(19-22-20-33-26-10-4-3-9-25(22)26,35-39(37,38)24-14-12-23(31)13-15-24)28(36)34-21-30(16-6-2-7-17-30)27-11-5-8-18-32-27/h3-5,8-15,18,20,33,35H,2,6-7,16-17,19,21H2,1H3,(H,34,36). The third-order valence-electron chi connectivity index (χ3n) is 7.81. The Labute approximate surface area is 234 Å². The van der Waals surface area contributed by atoms with E-state index < -0.39 is 15.6 Å². The minimum Gasteiger partial charge on any atom is -0.361 e. The van der Waals surface area contributed by atoms with Gasteiger partial charge < -0.3 is 10.3 Å². The van der Waals surface area contributed by atoms with Gasteiger partial charge in [-0.15, -0.1) is 0 Å². The highest BCUT2D eigenvalue weighted by Crippen LogP contribution is 2.38. The van der Waals surface area contributed by atoms with Crippen LogP contribution in [0.5, 0.6) is 0 Å². The first-order valence-electron chi connectivity index (χ1n) is 13.3. The average Bonchev–Trinajstić information content (AvgIpc) is 3.35. The maximum absolute atomic E-state index is 14.0. The summed E-state index contributed by atoms with van der Waals surface area (Å²) in [5, 5.41) is 4.51. The number of hydrogen-bond donors (Lipinski definition) is 3. The maximum Gasteiger partial charge on any atom is 0.241 e. The molecule has 0 spiro atoms. The lowest BCUT2D eigenvalue weighted by atomic mass is 9.71. The average molecular weight is 565 g/mol. The number of aromatic amines is 1. The number of nitrogens with zero attached hydrogens (tertiary/aromatic N) is 1. The van der Waals surface area contributed by atoms with Crippen molar-refractivity contribution in [2.75, 3.05) is 6.54 Å². The molecule has 1 aliphatic carbocycles. The van der Waals surface area contributed by atoms with E-state index in [1.165, 1.54) is 24.3 Å². The van der Waals surface area contributed by atoms with Crippen molar-refractivity contribution in [1.82, 2.24) is 20.0 Å². The van der Waals surface area contributed by atoms with Crippen LogP contribution >= 0.6 is 11.6 Å². The number of sulfonamides is 1. The Morgan fingerprint density at radius 2 is 1.74 bits per heavy atom. The predicted molar refractivity (Wildman–Crippen MR) is 154 cm³/mol. The Bertz CT molecular complexity index is 1550. The van der Waals surface area contributed by atoms with Gasteiger partial charge in [-0.2, -0.15) is 4.72 Å². The second-order valence-electron chi connectivity index (χ2n) is 10.7. The monoisotopic (exact) mass is 564 g/mol. The van der Waals surface area contributed by atoms with Crippen LogP contribution in [0.2, 0.25) is 5.02 Å². The molecule has 2 heterocycles. The fourth-order valence-corrected chi connectivity index (χ4v) is 7.16. The van der Waals surface area contributed by atoms with Gasteiger partial charge in [0.05, 0.1) is 4.90 Å². The summed E-state index contributed by atoms with van der Waals surface area (Å²) in [4.78, 5) is 21.9. The van der Waals surface area contributed by atoms with Crippen molar-refractivity contribution in [1.29, 1.82) is 0 Å². The van der Waals surface area contributed by atoms with Gasteiger partial charge in [0.1, 0.15) is 5.54 Å². The lowest BCUT2D eigenvalue weighted by Crippen LogP contribution is -2.59. The molecule has 3 N–H and O–H groups in total. The molecule has 1 saturated carbocycles. The lowest BCUT2D eigenvalue weighted by molar-refractivity contribution is -0.126. The third-order valence-corrected chi connectivity index (χ3v) is 9.67. The van der Waals surface area contributed by atoms with Crippen LogP contribution in [-0.4, -0.2) is 36.4 Å². The van der Waals surface area contributed by atoms with E-state index in [1.54, 1.807) is 13.1 Å². The Kier molecular flexibility index (Phi) is 7.80. The number of benzene rings is 2. The van der Waals surface area contributed by atoms with Crippen LogP contribution in [0.1, 0.15) is 50.3 Å². The van der Waals surface area contributed by atoms with Crippen molar-refractivity contribution >= 4 is 38.4 Å². The molecule has 2 aromatic carbocycles. The van der Waals surface area contributed by atoms with Crippen molar-refractivity contribution in [2.45, 2.75) is 61.3 Å². The van der Waals surface area contributed by atoms with E-state index in [9.17, 15) is 13.2 Å². The van der Waals surface area contributed by atoms with Crippen LogP contribution in [0.3, 0.4) is 0 Å². The number of carbonyl (C=O) groups is 1. The number of H-pyrrole nitrogens is 1. The SMILES string of the molecule is CC(Cc1c[nH]c2ccccc12)(NS(=O)(=O)c1ccc(Cl)cc1)C(=O)NCC1(c2ccccn2)CCCCC1. The zero-order valence-electron chi connectivity index (χ0n) is 21.9. The number of aromatic nitrogens is 2. The van der Waals surface area contributed by atoms with E-state index in [0.29, 0.717) is 11.6 Å². The van der Waals surface area contributed by atoms with E-state index in [-0.39, 0.29) is 22.6 Å². The minimum atomic E-state index is -4.04. The molecule has 1 aliphatic rings. The number of pyridine rings is 1. The Morgan fingerprint density at radius 1 is 1.03 bits per heavy atom. The quantitative estimate of drug-likeness (QED) is 0.249. The van der Waals surface area contributed by atoms with Crippen LogP contribution in [0, 0.1) is 0 Å². The van der Waals surface area contributed by atoms with Crippen LogP contribution < -0.4 is 10.0 Å². The Hall–Kier alpha value is -3.20. The van der Waals surface area contributed by atoms with E-state index >= 15 is 0 Å². The van der Waals surface area contributed by atoms with Gasteiger partial charge in [-0.25, -0.2) is 8.42 Å². The summed E-state index contributed by atoms with van der Waals surface area (Å²) in [6, 6.07) is 19.6. The predicted octanol–water partition coefficient (Wildman–Crippen LogP) is 5.51. The fourth-order valence-electron chi connectivity index (χ4n) is 5.66. The highest BCUT2D eigenvalue weighted by molar-refractivity contribution is 7.89. The van der Waals surface area contributed by atoms with Crippen molar-refractivity contribution in [3.63, 3.8) is 0 Å². The molecule has 5 rings (SSSR count). The molecule has 39 heavy (non-hydrogen) atoms. The number of halogens is 1. The largest absolute Gasteiger partial charge is 0.361 e. The zero-order valence-corrected chi connectivity index (χ0v) is 23.5. The molecule has 0 radical (unpaired) electrons. The van der Waals surface area contributed by atoms with Gasteiger partial charge in [0, 0.05) is 52.4 Å². The minimum absolute atomic E-state index is 0.0436. The zero-order chi connectivity index (χ0) is 27.5. The molecule has 0 saturated heterocycles. The molecule has 1 fully saturated rings. The fraction of sp³-hybridized carbons (Fsp3) is 0.333. The van der Waals surface area contributed by atoms with E-state index in [0.717, 1.165) is 54.3 Å². The molecular formula is C30H33ClN4O3S. The Balaban J connectivity index is 1.46. The van der Waals surface area contributed by atoms with Gasteiger partial charge in [0.25, 0.3) is 0 Å². The molecule has 9 heteroatoms. The van der Waals surface area contributed by atoms with Crippen LogP contribution in [0.4, 0.5) is 0 Å². The normalized spacial score (nSPS) is 17.0. The van der Waals surface area contributed by atoms with Gasteiger partial charge in [-0.3, -0.25) is 9.78 Å². The Morgan fingerprint density at radius 3 is 2.46 bits per heavy atom. The maximum atomic E-state index is 14.0. The van der Waals surface area contributed by atoms with Gasteiger partial charge in [-0.05, 0) is 67.8 Å². The molecule has 4 aromatic rings. The number of amides is 1. The highest BCUT2D eigenvalue weighted by atomic mass is 35.5. The number of fused-ring (bicyclic) bond motifs is 1. The molecule has 204 valence electrons. The third kappa shape index (κ3) is 5.88. The van der Waals surface area contributed by atoms with Crippen LogP contribution in [0.25, 0.3) is 10.9 Å². The molecular weight excluding hydrogens is 532 g/mol. The summed E-state index contributed by atoms with van der Waals surface area (Å²) >= 11 is 5.99. The van der Waals surface area contributed by atoms with Gasteiger partial charge in [0.15, 0.2) is 0 Å². The number of para-hydroxylation sites is 1. The van der Waals surface area contributed by atoms with E-state index in [1.807, 2.05) is 48.7 Å². The molecule has 7 nitrogen and oxygen atoms in total. The summed E-state index contributed by atoms with van der Waals surface area (Å²) < 4.78 is 29.7. The van der Waals surface area contributed by atoms with E-state index in [2.05, 4.69) is 20.0 Å². The second-order valence-corrected chi connectivity index (χ2v) is 12.8. The lowest BCUT2D eigenvalue weighted by Gasteiger charge is -2.38. The topological polar surface area (TPSA) is 104 Å². The summed E-state index contributed by atoms with van der Waals surface area (Å²) in [6.07, 6.45) is 8.89. The van der Waals surface area contributed by atoms with Crippen molar-refractivity contribution in [3.8, 4) is 0 Å². The molecule has 1 unspecified atom stereocenters. The summed E-state index contributed by atoms with van der Waals surface area (Å²) in [5.41, 5.74) is 0.978.